The molecule has 1 unspecified atom stereocenters. The lowest BCUT2D eigenvalue weighted by atomic mass is 10.1. The number of aromatic amines is 1. The molecule has 1 N–H and O–H groups in total. The Bertz CT molecular complexity index is 742. The van der Waals surface area contributed by atoms with E-state index in [-0.39, 0.29) is 11.9 Å². The Hall–Kier alpha value is -2.30. The molecule has 2 heterocycles. The summed E-state index contributed by atoms with van der Waals surface area (Å²) in [5, 5.41) is 1.06. The molecule has 1 atom stereocenters. The highest BCUT2D eigenvalue weighted by molar-refractivity contribution is 6.00. The molecule has 122 valence electrons. The number of likely N-dealkylation sites (tertiary alicyclic amines) is 1. The minimum atomic E-state index is -0.544. The topological polar surface area (TPSA) is 62.4 Å². The van der Waals surface area contributed by atoms with Crippen LogP contribution in [0.5, 0.6) is 0 Å². The summed E-state index contributed by atoms with van der Waals surface area (Å²) in [6, 6.07) is 7.03. The maximum Gasteiger partial charge on any atom is 0.329 e. The third-order valence-electron chi connectivity index (χ3n) is 3.99. The number of carbonyl (C=O) groups is 2. The Morgan fingerprint density at radius 3 is 2.78 bits per heavy atom. The van der Waals surface area contributed by atoms with Crippen LogP contribution < -0.4 is 0 Å². The zero-order valence-electron chi connectivity index (χ0n) is 13.8. The minimum absolute atomic E-state index is 0.116. The summed E-state index contributed by atoms with van der Waals surface area (Å²) in [7, 11) is 0. The fourth-order valence-corrected chi connectivity index (χ4v) is 2.97. The SMILES string of the molecule is CC(C)(C)OC(=O)C1CCCN1C(=O)c1ccc2cc[nH]c2c1. The van der Waals surface area contributed by atoms with Gasteiger partial charge in [0.2, 0.25) is 0 Å². The van der Waals surface area contributed by atoms with Crippen LogP contribution in [-0.2, 0) is 9.53 Å². The highest BCUT2D eigenvalue weighted by Crippen LogP contribution is 2.24. The monoisotopic (exact) mass is 314 g/mol. The fraction of sp³-hybridized carbons (Fsp3) is 0.444. The normalized spacial score (nSPS) is 18.4. The summed E-state index contributed by atoms with van der Waals surface area (Å²) >= 11 is 0. The molecule has 0 aliphatic carbocycles. The van der Waals surface area contributed by atoms with Gasteiger partial charge in [-0.05, 0) is 57.2 Å². The molecular weight excluding hydrogens is 292 g/mol. The van der Waals surface area contributed by atoms with Crippen molar-refractivity contribution in [2.24, 2.45) is 0 Å². The van der Waals surface area contributed by atoms with Crippen LogP contribution in [0.15, 0.2) is 30.5 Å². The van der Waals surface area contributed by atoms with E-state index < -0.39 is 11.6 Å². The highest BCUT2D eigenvalue weighted by Gasteiger charge is 2.37. The number of hydrogen-bond acceptors (Lipinski definition) is 3. The molecule has 0 saturated carbocycles. The van der Waals surface area contributed by atoms with E-state index in [1.807, 2.05) is 51.2 Å². The van der Waals surface area contributed by atoms with E-state index in [2.05, 4.69) is 4.98 Å². The first-order valence-electron chi connectivity index (χ1n) is 7.96. The van der Waals surface area contributed by atoms with Crippen LogP contribution in [0, 0.1) is 0 Å². The average molecular weight is 314 g/mol. The van der Waals surface area contributed by atoms with Gasteiger partial charge in [0.25, 0.3) is 5.91 Å². The number of esters is 1. The van der Waals surface area contributed by atoms with E-state index >= 15 is 0 Å². The van der Waals surface area contributed by atoms with Crippen molar-refractivity contribution in [1.29, 1.82) is 0 Å². The molecule has 3 rings (SSSR count). The molecule has 1 aliphatic rings. The third kappa shape index (κ3) is 3.23. The van der Waals surface area contributed by atoms with Gasteiger partial charge in [-0.25, -0.2) is 4.79 Å². The Morgan fingerprint density at radius 2 is 2.04 bits per heavy atom. The van der Waals surface area contributed by atoms with Gasteiger partial charge in [0.05, 0.1) is 0 Å². The zero-order chi connectivity index (χ0) is 16.6. The first-order valence-corrected chi connectivity index (χ1v) is 7.96. The van der Waals surface area contributed by atoms with Gasteiger partial charge in [0.15, 0.2) is 0 Å². The Kier molecular flexibility index (Phi) is 3.88. The van der Waals surface area contributed by atoms with Crippen molar-refractivity contribution in [2.45, 2.75) is 45.3 Å². The molecule has 5 heteroatoms. The first kappa shape index (κ1) is 15.6. The Labute approximate surface area is 135 Å². The van der Waals surface area contributed by atoms with Gasteiger partial charge in [0, 0.05) is 23.8 Å². The van der Waals surface area contributed by atoms with Crippen LogP contribution in [0.3, 0.4) is 0 Å². The summed E-state index contributed by atoms with van der Waals surface area (Å²) < 4.78 is 5.46. The van der Waals surface area contributed by atoms with Gasteiger partial charge >= 0.3 is 5.97 Å². The lowest BCUT2D eigenvalue weighted by Gasteiger charge is -2.27. The second-order valence-corrected chi connectivity index (χ2v) is 6.97. The fourth-order valence-electron chi connectivity index (χ4n) is 2.97. The average Bonchev–Trinajstić information content (AvgIpc) is 3.12. The molecule has 1 saturated heterocycles. The first-order chi connectivity index (χ1) is 10.8. The molecule has 1 fully saturated rings. The quantitative estimate of drug-likeness (QED) is 0.866. The number of hydrogen-bond donors (Lipinski definition) is 1. The van der Waals surface area contributed by atoms with E-state index in [1.165, 1.54) is 0 Å². The molecule has 0 bridgehead atoms. The van der Waals surface area contributed by atoms with E-state index in [0.717, 1.165) is 17.3 Å². The lowest BCUT2D eigenvalue weighted by molar-refractivity contribution is -0.159. The predicted octanol–water partition coefficient (Wildman–Crippen LogP) is 3.11. The third-order valence-corrected chi connectivity index (χ3v) is 3.99. The highest BCUT2D eigenvalue weighted by atomic mass is 16.6. The van der Waals surface area contributed by atoms with Crippen LogP contribution in [-0.4, -0.2) is 39.9 Å². The number of ether oxygens (including phenoxy) is 1. The second kappa shape index (κ2) is 5.72. The van der Waals surface area contributed by atoms with Crippen molar-refractivity contribution in [3.63, 3.8) is 0 Å². The number of nitrogens with one attached hydrogen (secondary N) is 1. The number of fused-ring (bicyclic) bond motifs is 1. The molecule has 0 radical (unpaired) electrons. The van der Waals surface area contributed by atoms with Crippen LogP contribution in [0.1, 0.15) is 44.0 Å². The predicted molar refractivity (Wildman–Crippen MR) is 88.2 cm³/mol. The summed E-state index contributed by atoms with van der Waals surface area (Å²) in [6.45, 7) is 6.10. The van der Waals surface area contributed by atoms with Crippen molar-refractivity contribution in [3.05, 3.63) is 36.0 Å². The summed E-state index contributed by atoms with van der Waals surface area (Å²) in [5.41, 5.74) is 0.969. The number of H-pyrrole nitrogens is 1. The number of carbonyl (C=O) groups excluding carboxylic acids is 2. The van der Waals surface area contributed by atoms with Gasteiger partial charge in [0.1, 0.15) is 11.6 Å². The molecule has 23 heavy (non-hydrogen) atoms. The number of rotatable bonds is 2. The molecule has 5 nitrogen and oxygen atoms in total. The number of aromatic nitrogens is 1. The van der Waals surface area contributed by atoms with Gasteiger partial charge in [-0.1, -0.05) is 6.07 Å². The Morgan fingerprint density at radius 1 is 1.26 bits per heavy atom. The molecule has 1 aromatic carbocycles. The van der Waals surface area contributed by atoms with Crippen molar-refractivity contribution in [1.82, 2.24) is 9.88 Å². The van der Waals surface area contributed by atoms with Crippen LogP contribution in [0.2, 0.25) is 0 Å². The van der Waals surface area contributed by atoms with E-state index in [4.69, 9.17) is 4.74 Å². The standard InChI is InChI=1S/C18H22N2O3/c1-18(2,3)23-17(22)15-5-4-10-20(15)16(21)13-7-6-12-8-9-19-14(12)11-13/h6-9,11,15,19H,4-5,10H2,1-3H3. The van der Waals surface area contributed by atoms with Gasteiger partial charge in [-0.2, -0.15) is 0 Å². The maximum absolute atomic E-state index is 12.8. The van der Waals surface area contributed by atoms with Crippen molar-refractivity contribution < 1.29 is 14.3 Å². The minimum Gasteiger partial charge on any atom is -0.458 e. The van der Waals surface area contributed by atoms with Gasteiger partial charge in [-0.15, -0.1) is 0 Å². The lowest BCUT2D eigenvalue weighted by Crippen LogP contribution is -2.43. The molecule has 0 spiro atoms. The van der Waals surface area contributed by atoms with Gasteiger partial charge in [-0.3, -0.25) is 4.79 Å². The van der Waals surface area contributed by atoms with Crippen molar-refractivity contribution in [2.75, 3.05) is 6.54 Å². The van der Waals surface area contributed by atoms with E-state index in [0.29, 0.717) is 18.5 Å². The van der Waals surface area contributed by atoms with E-state index in [9.17, 15) is 9.59 Å². The molecule has 2 aromatic rings. The zero-order valence-corrected chi connectivity index (χ0v) is 13.8. The van der Waals surface area contributed by atoms with Crippen molar-refractivity contribution >= 4 is 22.8 Å². The maximum atomic E-state index is 12.8. The largest absolute Gasteiger partial charge is 0.458 e. The van der Waals surface area contributed by atoms with Crippen LogP contribution in [0.25, 0.3) is 10.9 Å². The molecule has 1 amide bonds. The van der Waals surface area contributed by atoms with E-state index in [1.54, 1.807) is 4.90 Å². The van der Waals surface area contributed by atoms with Crippen LogP contribution in [0.4, 0.5) is 0 Å². The van der Waals surface area contributed by atoms with Gasteiger partial charge < -0.3 is 14.6 Å². The summed E-state index contributed by atoms with van der Waals surface area (Å²) in [5.74, 6) is -0.431. The number of amides is 1. The molecule has 1 aliphatic heterocycles. The molecule has 1 aromatic heterocycles. The molecular formula is C18H22N2O3. The summed E-state index contributed by atoms with van der Waals surface area (Å²) in [4.78, 5) is 29.9. The second-order valence-electron chi connectivity index (χ2n) is 6.97. The summed E-state index contributed by atoms with van der Waals surface area (Å²) in [6.07, 6.45) is 3.32. The Balaban J connectivity index is 1.81. The van der Waals surface area contributed by atoms with Crippen LogP contribution >= 0.6 is 0 Å². The number of nitrogens with zero attached hydrogens (tertiary/aromatic N) is 1. The van der Waals surface area contributed by atoms with Crippen molar-refractivity contribution in [3.8, 4) is 0 Å². The number of benzene rings is 1. The smallest absolute Gasteiger partial charge is 0.329 e.